The van der Waals surface area contributed by atoms with E-state index in [0.29, 0.717) is 6.07 Å². The normalized spacial score (nSPS) is 12.0. The first kappa shape index (κ1) is 23.1. The maximum atomic E-state index is 13.9. The molecule has 9 nitrogen and oxygen atoms in total. The van der Waals surface area contributed by atoms with Gasteiger partial charge in [-0.1, -0.05) is 6.07 Å². The number of rotatable bonds is 8. The molecule has 0 aliphatic heterocycles. The lowest BCUT2D eigenvalue weighted by Gasteiger charge is -2.18. The molecule has 1 aromatic heterocycles. The van der Waals surface area contributed by atoms with Crippen LogP contribution in [0.15, 0.2) is 29.2 Å². The molecule has 1 heterocycles. The fourth-order valence-corrected chi connectivity index (χ4v) is 2.85. The summed E-state index contributed by atoms with van der Waals surface area (Å²) in [5.41, 5.74) is 3.85. The van der Waals surface area contributed by atoms with Crippen molar-refractivity contribution in [2.75, 3.05) is 14.2 Å². The zero-order valence-electron chi connectivity index (χ0n) is 16.1. The molecule has 11 heteroatoms. The lowest BCUT2D eigenvalue weighted by molar-refractivity contribution is -0.0519. The second-order valence-electron chi connectivity index (χ2n) is 6.29. The van der Waals surface area contributed by atoms with Crippen molar-refractivity contribution in [3.05, 3.63) is 63.1 Å². The summed E-state index contributed by atoms with van der Waals surface area (Å²) in [6.45, 7) is -0.594. The van der Waals surface area contributed by atoms with Crippen LogP contribution in [0.25, 0.3) is 0 Å². The summed E-state index contributed by atoms with van der Waals surface area (Å²) < 4.78 is 37.4. The molecule has 2 rings (SSSR count). The second kappa shape index (κ2) is 9.57. The molecule has 0 aliphatic carbocycles. The quantitative estimate of drug-likeness (QED) is 0.304. The molecule has 0 radical (unpaired) electrons. The van der Waals surface area contributed by atoms with Crippen molar-refractivity contribution in [3.8, 4) is 5.75 Å². The van der Waals surface area contributed by atoms with Gasteiger partial charge in [0.25, 0.3) is 0 Å². The summed E-state index contributed by atoms with van der Waals surface area (Å²) in [6.07, 6.45) is -1.36. The predicted octanol–water partition coefficient (Wildman–Crippen LogP) is -0.0149. The van der Waals surface area contributed by atoms with E-state index < -0.39 is 64.7 Å². The van der Waals surface area contributed by atoms with E-state index in [4.69, 9.17) is 10.5 Å². The zero-order valence-corrected chi connectivity index (χ0v) is 16.1. The maximum absolute atomic E-state index is 13.9. The van der Waals surface area contributed by atoms with Crippen LogP contribution in [0.2, 0.25) is 0 Å². The number of Topliss-reactive ketones (excluding diaryl/α,β-unsaturated/α-hetero) is 1. The largest absolute Gasteiger partial charge is 0.491 e. The van der Waals surface area contributed by atoms with E-state index in [-0.39, 0.29) is 12.0 Å². The Hall–Kier alpha value is -3.15. The number of carbonyl (C=O) groups excluding carboxylic acids is 2. The molecule has 0 amide bonds. The first-order valence-electron chi connectivity index (χ1n) is 8.60. The van der Waals surface area contributed by atoms with Gasteiger partial charge in [-0.3, -0.25) is 9.59 Å². The number of halogens is 2. The predicted molar refractivity (Wildman–Crippen MR) is 99.2 cm³/mol. The molecule has 1 atom stereocenters. The van der Waals surface area contributed by atoms with Crippen LogP contribution in [0.4, 0.5) is 8.78 Å². The summed E-state index contributed by atoms with van der Waals surface area (Å²) in [4.78, 5) is 37.6. The average Bonchev–Trinajstić information content (AvgIpc) is 2.69. The van der Waals surface area contributed by atoms with Gasteiger partial charge in [0.15, 0.2) is 23.5 Å². The minimum absolute atomic E-state index is 0.0403. The number of pyridine rings is 1. The molecule has 4 N–H and O–H groups in total. The summed E-state index contributed by atoms with van der Waals surface area (Å²) in [5, 5.41) is 18.6. The summed E-state index contributed by atoms with van der Waals surface area (Å²) in [5.74, 6) is -4.20. The Morgan fingerprint density at radius 3 is 2.43 bits per heavy atom. The van der Waals surface area contributed by atoms with Crippen LogP contribution in [0.3, 0.4) is 0 Å². The van der Waals surface area contributed by atoms with Gasteiger partial charge in [0, 0.05) is 12.3 Å². The van der Waals surface area contributed by atoms with Crippen molar-refractivity contribution < 1.29 is 38.1 Å². The van der Waals surface area contributed by atoms with Crippen LogP contribution >= 0.6 is 0 Å². The van der Waals surface area contributed by atoms with E-state index in [1.165, 1.54) is 0 Å². The van der Waals surface area contributed by atoms with Gasteiger partial charge in [0.05, 0.1) is 32.4 Å². The van der Waals surface area contributed by atoms with Gasteiger partial charge in [-0.2, -0.15) is 0 Å². The summed E-state index contributed by atoms with van der Waals surface area (Å²) in [6, 6.07) is 1.37. The third-order valence-corrected chi connectivity index (χ3v) is 4.24. The van der Waals surface area contributed by atoms with E-state index in [9.17, 15) is 33.4 Å². The number of nitrogens with zero attached hydrogens (tertiary/aromatic N) is 1. The minimum atomic E-state index is -1.94. The zero-order chi connectivity index (χ0) is 22.6. The highest BCUT2D eigenvalue weighted by Gasteiger charge is 2.28. The molecule has 0 saturated carbocycles. The molecule has 2 aromatic rings. The van der Waals surface area contributed by atoms with Crippen molar-refractivity contribution in [1.29, 1.82) is 0 Å². The Bertz CT molecular complexity index is 1020. The Balaban J connectivity index is 2.52. The van der Waals surface area contributed by atoms with Gasteiger partial charge < -0.3 is 30.0 Å². The standard InChI is InChI=1S/C19H20F2N2O7/c1-29-18-15(19(28)30-2)23(8-14(24)25)7-11(17(18)27)16(26)13(22)5-9-3-4-10(20)6-12(9)21/h3-4,6-7,13-14,24-25H,5,8,22H2,1-2H3/t13-/m0/s1. The molecule has 162 valence electrons. The number of methoxy groups -OCH3 is 2. The Labute approximate surface area is 169 Å². The smallest absolute Gasteiger partial charge is 0.358 e. The van der Waals surface area contributed by atoms with Crippen molar-refractivity contribution in [1.82, 2.24) is 4.57 Å². The van der Waals surface area contributed by atoms with Crippen LogP contribution in [-0.2, 0) is 17.7 Å². The van der Waals surface area contributed by atoms with Crippen LogP contribution in [0.5, 0.6) is 5.75 Å². The number of hydrogen-bond acceptors (Lipinski definition) is 8. The molecule has 0 unspecified atom stereocenters. The monoisotopic (exact) mass is 426 g/mol. The first-order chi connectivity index (χ1) is 14.1. The van der Waals surface area contributed by atoms with Crippen molar-refractivity contribution in [3.63, 3.8) is 0 Å². The number of aliphatic hydroxyl groups is 2. The van der Waals surface area contributed by atoms with E-state index in [2.05, 4.69) is 4.74 Å². The SMILES string of the molecule is COC(=O)c1c(OC)c(=O)c(C(=O)[C@@H](N)Cc2ccc(F)cc2F)cn1CC(O)O. The van der Waals surface area contributed by atoms with Gasteiger partial charge in [0.1, 0.15) is 11.6 Å². The van der Waals surface area contributed by atoms with Crippen LogP contribution in [0, 0.1) is 11.6 Å². The lowest BCUT2D eigenvalue weighted by atomic mass is 9.98. The number of aliphatic hydroxyl groups excluding tert-OH is 1. The van der Waals surface area contributed by atoms with Gasteiger partial charge in [-0.15, -0.1) is 0 Å². The molecule has 0 aliphatic rings. The highest BCUT2D eigenvalue weighted by atomic mass is 19.1. The molecule has 1 aromatic carbocycles. The van der Waals surface area contributed by atoms with E-state index in [1.54, 1.807) is 0 Å². The van der Waals surface area contributed by atoms with Crippen molar-refractivity contribution >= 4 is 11.8 Å². The van der Waals surface area contributed by atoms with E-state index >= 15 is 0 Å². The highest BCUT2D eigenvalue weighted by Crippen LogP contribution is 2.19. The number of ether oxygens (including phenoxy) is 2. The minimum Gasteiger partial charge on any atom is -0.491 e. The third-order valence-electron chi connectivity index (χ3n) is 4.24. The number of hydrogen-bond donors (Lipinski definition) is 3. The molecule has 0 spiro atoms. The lowest BCUT2D eigenvalue weighted by Crippen LogP contribution is -2.37. The van der Waals surface area contributed by atoms with E-state index in [0.717, 1.165) is 37.1 Å². The van der Waals surface area contributed by atoms with Crippen LogP contribution in [-0.4, -0.2) is 53.1 Å². The average molecular weight is 426 g/mol. The highest BCUT2D eigenvalue weighted by molar-refractivity contribution is 6.01. The van der Waals surface area contributed by atoms with Crippen molar-refractivity contribution in [2.45, 2.75) is 25.3 Å². The fraction of sp³-hybridized carbons (Fsp3) is 0.316. The number of nitrogens with two attached hydrogens (primary N) is 1. The summed E-state index contributed by atoms with van der Waals surface area (Å²) >= 11 is 0. The number of ketones is 1. The maximum Gasteiger partial charge on any atom is 0.358 e. The molecule has 30 heavy (non-hydrogen) atoms. The topological polar surface area (TPSA) is 141 Å². The number of aromatic nitrogens is 1. The number of carbonyl (C=O) groups is 2. The number of esters is 1. The molecular weight excluding hydrogens is 406 g/mol. The van der Waals surface area contributed by atoms with Crippen LogP contribution in [0.1, 0.15) is 26.4 Å². The molecule has 0 fully saturated rings. The van der Waals surface area contributed by atoms with E-state index in [1.807, 2.05) is 0 Å². The molecular formula is C19H20F2N2O7. The van der Waals surface area contributed by atoms with Gasteiger partial charge in [-0.25, -0.2) is 13.6 Å². The fourth-order valence-electron chi connectivity index (χ4n) is 2.85. The summed E-state index contributed by atoms with van der Waals surface area (Å²) in [7, 11) is 2.11. The third kappa shape index (κ3) is 4.87. The van der Waals surface area contributed by atoms with Crippen LogP contribution < -0.4 is 15.9 Å². The number of benzene rings is 1. The first-order valence-corrected chi connectivity index (χ1v) is 8.60. The Morgan fingerprint density at radius 1 is 1.23 bits per heavy atom. The van der Waals surface area contributed by atoms with Gasteiger partial charge in [0.2, 0.25) is 5.43 Å². The van der Waals surface area contributed by atoms with Gasteiger partial charge in [-0.05, 0) is 18.1 Å². The Morgan fingerprint density at radius 2 is 1.90 bits per heavy atom. The van der Waals surface area contributed by atoms with Crippen molar-refractivity contribution in [2.24, 2.45) is 5.73 Å². The molecule has 0 bridgehead atoms. The molecule has 0 saturated heterocycles. The second-order valence-corrected chi connectivity index (χ2v) is 6.29. The Kier molecular flexibility index (Phi) is 7.38. The van der Waals surface area contributed by atoms with Gasteiger partial charge >= 0.3 is 5.97 Å².